The van der Waals surface area contributed by atoms with Crippen molar-refractivity contribution in [3.8, 4) is 22.8 Å². The van der Waals surface area contributed by atoms with Gasteiger partial charge in [0.1, 0.15) is 35.1 Å². The first-order valence-corrected chi connectivity index (χ1v) is 14.3. The molecule has 11 heteroatoms. The second kappa shape index (κ2) is 13.7. The van der Waals surface area contributed by atoms with Crippen LogP contribution in [0.3, 0.4) is 0 Å². The van der Waals surface area contributed by atoms with Crippen LogP contribution < -0.4 is 15.0 Å². The van der Waals surface area contributed by atoms with Crippen LogP contribution in [0.15, 0.2) is 59.6 Å². The van der Waals surface area contributed by atoms with Gasteiger partial charge in [0, 0.05) is 29.5 Å². The summed E-state index contributed by atoms with van der Waals surface area (Å²) in [6.07, 6.45) is 0.223. The van der Waals surface area contributed by atoms with Gasteiger partial charge < -0.3 is 19.3 Å². The number of hydrogen-bond donors (Lipinski definition) is 2. The quantitative estimate of drug-likeness (QED) is 0.179. The van der Waals surface area contributed by atoms with Crippen LogP contribution in [0, 0.1) is 0 Å². The summed E-state index contributed by atoms with van der Waals surface area (Å²) in [7, 11) is 3.01. The summed E-state index contributed by atoms with van der Waals surface area (Å²) >= 11 is 0. The number of benzene rings is 2. The molecule has 43 heavy (non-hydrogen) atoms. The molecule has 0 bridgehead atoms. The van der Waals surface area contributed by atoms with Crippen molar-refractivity contribution in [3.05, 3.63) is 54.6 Å². The zero-order valence-corrected chi connectivity index (χ0v) is 25.5. The van der Waals surface area contributed by atoms with Gasteiger partial charge in [0.2, 0.25) is 0 Å². The van der Waals surface area contributed by atoms with Crippen LogP contribution in [0.1, 0.15) is 47.0 Å². The molecule has 3 aromatic rings. The minimum Gasteiger partial charge on any atom is -0.497 e. The Balaban J connectivity index is 1.74. The number of amides is 1. The molecule has 0 spiro atoms. The Kier molecular flexibility index (Phi) is 10.1. The minimum absolute atomic E-state index is 0.177. The molecule has 0 saturated carbocycles. The van der Waals surface area contributed by atoms with E-state index in [-0.39, 0.29) is 12.4 Å². The van der Waals surface area contributed by atoms with Crippen molar-refractivity contribution < 1.29 is 33.7 Å². The maximum absolute atomic E-state index is 13.4. The van der Waals surface area contributed by atoms with Crippen molar-refractivity contribution in [3.63, 3.8) is 0 Å². The molecule has 0 unspecified atom stereocenters. The van der Waals surface area contributed by atoms with E-state index in [0.717, 1.165) is 16.6 Å². The number of ether oxygens (including phenoxy) is 3. The van der Waals surface area contributed by atoms with Gasteiger partial charge in [0.15, 0.2) is 0 Å². The topological polar surface area (TPSA) is 132 Å². The number of carbonyl (C=O) groups excluding carboxylic acids is 1. The van der Waals surface area contributed by atoms with E-state index in [9.17, 15) is 14.7 Å². The van der Waals surface area contributed by atoms with Gasteiger partial charge in [0.05, 0.1) is 38.0 Å². The van der Waals surface area contributed by atoms with E-state index in [1.165, 1.54) is 12.0 Å². The van der Waals surface area contributed by atoms with Crippen molar-refractivity contribution in [2.45, 2.75) is 70.7 Å². The summed E-state index contributed by atoms with van der Waals surface area (Å²) in [5.41, 5.74) is 4.33. The smallest absolute Gasteiger partial charge is 0.411 e. The molecule has 1 aromatic heterocycles. The fourth-order valence-electron chi connectivity index (χ4n) is 4.97. The Bertz CT molecular complexity index is 1460. The van der Waals surface area contributed by atoms with Gasteiger partial charge >= 0.3 is 12.1 Å². The number of hydrogen-bond acceptors (Lipinski definition) is 8. The number of nitrogens with one attached hydrogen (secondary N) is 1. The molecule has 2 aromatic carbocycles. The van der Waals surface area contributed by atoms with Crippen LogP contribution in [0.5, 0.6) is 11.5 Å². The molecule has 2 heterocycles. The third-order valence-electron chi connectivity index (χ3n) is 6.90. The van der Waals surface area contributed by atoms with Gasteiger partial charge in [-0.15, -0.1) is 0 Å². The summed E-state index contributed by atoms with van der Waals surface area (Å²) in [6.45, 7) is 7.43. The Labute approximate surface area is 251 Å². The van der Waals surface area contributed by atoms with E-state index in [0.29, 0.717) is 36.3 Å². The highest BCUT2D eigenvalue weighted by Crippen LogP contribution is 2.35. The van der Waals surface area contributed by atoms with Gasteiger partial charge in [-0.1, -0.05) is 43.7 Å². The van der Waals surface area contributed by atoms with Crippen molar-refractivity contribution in [1.29, 1.82) is 0 Å². The van der Waals surface area contributed by atoms with Gasteiger partial charge in [-0.3, -0.25) is 20.2 Å². The van der Waals surface area contributed by atoms with Crippen LogP contribution in [0.4, 0.5) is 4.79 Å². The number of nitrogens with zero attached hydrogens (tertiary/aromatic N) is 3. The first-order chi connectivity index (χ1) is 20.5. The van der Waals surface area contributed by atoms with Gasteiger partial charge in [-0.2, -0.15) is 0 Å². The summed E-state index contributed by atoms with van der Waals surface area (Å²) < 4.78 is 17.8. The maximum Gasteiger partial charge on any atom is 0.411 e. The number of carboxylic acid groups (broad SMARTS) is 1. The molecule has 2 N–H and O–H groups in total. The predicted molar refractivity (Wildman–Crippen MR) is 163 cm³/mol. The number of aliphatic carboxylic acids is 1. The third-order valence-corrected chi connectivity index (χ3v) is 6.90. The lowest BCUT2D eigenvalue weighted by atomic mass is 10.1. The average molecular weight is 593 g/mol. The number of fused-ring (bicyclic) bond motifs is 1. The molecule has 4 rings (SSSR count). The molecule has 1 fully saturated rings. The van der Waals surface area contributed by atoms with Crippen molar-refractivity contribution in [2.24, 2.45) is 4.99 Å². The number of rotatable bonds is 10. The van der Waals surface area contributed by atoms with Crippen LogP contribution in [-0.4, -0.2) is 77.4 Å². The molecule has 11 nitrogen and oxygen atoms in total. The highest BCUT2D eigenvalue weighted by atomic mass is 16.6. The number of hydroxylamine groups is 1. The Morgan fingerprint density at radius 3 is 2.51 bits per heavy atom. The van der Waals surface area contributed by atoms with Crippen molar-refractivity contribution in [2.75, 3.05) is 20.8 Å². The normalized spacial score (nSPS) is 17.9. The van der Waals surface area contributed by atoms with E-state index in [1.54, 1.807) is 27.9 Å². The van der Waals surface area contributed by atoms with E-state index in [2.05, 4.69) is 10.5 Å². The predicted octanol–water partition coefficient (Wildman–Crippen LogP) is 5.47. The summed E-state index contributed by atoms with van der Waals surface area (Å²) in [5, 5.41) is 10.6. The number of likely N-dealkylation sites (tertiary alicyclic amines) is 1. The maximum atomic E-state index is 13.4. The molecule has 1 amide bonds. The van der Waals surface area contributed by atoms with E-state index in [1.807, 2.05) is 61.5 Å². The van der Waals surface area contributed by atoms with E-state index < -0.39 is 35.9 Å². The molecule has 230 valence electrons. The molecule has 0 radical (unpaired) electrons. The number of methoxy groups -OCH3 is 1. The Hall–Kier alpha value is -4.38. The zero-order valence-electron chi connectivity index (χ0n) is 25.5. The summed E-state index contributed by atoms with van der Waals surface area (Å²) in [5.74, 6) is 0.419. The molecule has 1 aliphatic heterocycles. The fourth-order valence-corrected chi connectivity index (χ4v) is 4.97. The zero-order chi connectivity index (χ0) is 31.1. The molecule has 3 atom stereocenters. The first-order valence-electron chi connectivity index (χ1n) is 14.3. The highest BCUT2D eigenvalue weighted by molar-refractivity contribution is 5.92. The van der Waals surface area contributed by atoms with Crippen molar-refractivity contribution in [1.82, 2.24) is 15.4 Å². The van der Waals surface area contributed by atoms with Gasteiger partial charge in [-0.05, 0) is 39.3 Å². The molecular formula is C32H40N4O7. The molecule has 1 saturated heterocycles. The van der Waals surface area contributed by atoms with Crippen LogP contribution >= 0.6 is 0 Å². The number of amidine groups is 1. The average Bonchev–Trinajstić information content (AvgIpc) is 3.39. The van der Waals surface area contributed by atoms with Crippen molar-refractivity contribution >= 4 is 28.8 Å². The number of carbonyl (C=O) groups is 2. The highest BCUT2D eigenvalue weighted by Gasteiger charge is 2.42. The molecular weight excluding hydrogens is 552 g/mol. The Morgan fingerprint density at radius 2 is 1.88 bits per heavy atom. The van der Waals surface area contributed by atoms with Gasteiger partial charge in [-0.25, -0.2) is 14.6 Å². The summed E-state index contributed by atoms with van der Waals surface area (Å²) in [6, 6.07) is 15.6. The lowest BCUT2D eigenvalue weighted by molar-refractivity contribution is -0.138. The fraction of sp³-hybridized carbons (Fsp3) is 0.438. The SMILES string of the molecule is CCC[C@H](N=C(NOC)[C@@H]1C[C@@H](Oc2cc(-c3ccccc3)nc3cc(OC)ccc23)CN1C(=O)OC(C)(C)C)C(=O)O. The largest absolute Gasteiger partial charge is 0.497 e. The molecule has 1 aliphatic rings. The third kappa shape index (κ3) is 7.92. The van der Waals surface area contributed by atoms with Crippen LogP contribution in [-0.2, 0) is 14.4 Å². The second-order valence-corrected chi connectivity index (χ2v) is 11.3. The number of carboxylic acids is 1. The lowest BCUT2D eigenvalue weighted by Crippen LogP contribution is -2.48. The van der Waals surface area contributed by atoms with E-state index >= 15 is 0 Å². The van der Waals surface area contributed by atoms with Crippen LogP contribution in [0.2, 0.25) is 0 Å². The standard InChI is InChI=1S/C32H40N4O7/c1-7-11-24(30(37)38)34-29(35-41-6)27-17-22(19-36(27)31(39)43-32(2,3)4)42-28-18-25(20-12-9-8-10-13-20)33-26-16-21(40-5)14-15-23(26)28/h8-10,12-16,18,22,24,27H,7,11,17,19H2,1-6H3,(H,34,35)(H,37,38)/t22-,24+,27+/m1/s1. The summed E-state index contributed by atoms with van der Waals surface area (Å²) in [4.78, 5) is 41.4. The number of aromatic nitrogens is 1. The minimum atomic E-state index is -1.06. The monoisotopic (exact) mass is 592 g/mol. The lowest BCUT2D eigenvalue weighted by Gasteiger charge is -2.29. The van der Waals surface area contributed by atoms with E-state index in [4.69, 9.17) is 24.0 Å². The second-order valence-electron chi connectivity index (χ2n) is 11.3. The van der Waals surface area contributed by atoms with Crippen LogP contribution in [0.25, 0.3) is 22.2 Å². The number of aliphatic imine (C=N–C) groups is 1. The first kappa shape index (κ1) is 31.6. The molecule has 0 aliphatic carbocycles. The Morgan fingerprint density at radius 1 is 1.14 bits per heavy atom. The number of pyridine rings is 1. The van der Waals surface area contributed by atoms with Gasteiger partial charge in [0.25, 0.3) is 0 Å².